The molecule has 26 heavy (non-hydrogen) atoms. The summed E-state index contributed by atoms with van der Waals surface area (Å²) < 4.78 is 45.5. The van der Waals surface area contributed by atoms with Gasteiger partial charge in [0.05, 0.1) is 27.9 Å². The molecule has 0 N–H and O–H groups in total. The maximum Gasteiger partial charge on any atom is 0.284 e. The largest absolute Gasteiger partial charge is 0.379 e. The van der Waals surface area contributed by atoms with Gasteiger partial charge >= 0.3 is 0 Å². The first-order valence-corrected chi connectivity index (χ1v) is 9.94. The highest BCUT2D eigenvalue weighted by Crippen LogP contribution is 2.37. The maximum atomic E-state index is 13.8. The summed E-state index contributed by atoms with van der Waals surface area (Å²) in [6.45, 7) is 0.953. The van der Waals surface area contributed by atoms with Crippen LogP contribution in [0, 0.1) is 15.9 Å². The Hall–Kier alpha value is -2.01. The minimum atomic E-state index is -3.85. The van der Waals surface area contributed by atoms with Gasteiger partial charge in [0.2, 0.25) is 10.0 Å². The number of ether oxygens (including phenoxy) is 1. The lowest BCUT2D eigenvalue weighted by atomic mass is 10.3. The molecule has 3 rings (SSSR count). The minimum absolute atomic E-state index is 0.163. The summed E-state index contributed by atoms with van der Waals surface area (Å²) >= 11 is 0.879. The molecular formula is C16H15FN2O5S2. The van der Waals surface area contributed by atoms with E-state index < -0.39 is 20.8 Å². The first kappa shape index (κ1) is 18.8. The number of morpholine rings is 1. The first-order valence-electron chi connectivity index (χ1n) is 7.68. The van der Waals surface area contributed by atoms with Crippen LogP contribution in [-0.4, -0.2) is 43.9 Å². The van der Waals surface area contributed by atoms with Crippen LogP contribution in [0.2, 0.25) is 0 Å². The Morgan fingerprint density at radius 1 is 1.12 bits per heavy atom. The van der Waals surface area contributed by atoms with Gasteiger partial charge < -0.3 is 4.74 Å². The summed E-state index contributed by atoms with van der Waals surface area (Å²) in [7, 11) is -3.85. The van der Waals surface area contributed by atoms with Gasteiger partial charge in [0.15, 0.2) is 0 Å². The fourth-order valence-electron chi connectivity index (χ4n) is 2.47. The average molecular weight is 398 g/mol. The Bertz CT molecular complexity index is 930. The second kappa shape index (κ2) is 7.70. The van der Waals surface area contributed by atoms with Gasteiger partial charge in [0.25, 0.3) is 5.69 Å². The van der Waals surface area contributed by atoms with E-state index in [9.17, 15) is 22.9 Å². The summed E-state index contributed by atoms with van der Waals surface area (Å²) in [5, 5.41) is 11.4. The third-order valence-corrected chi connectivity index (χ3v) is 6.80. The van der Waals surface area contributed by atoms with Crippen LogP contribution in [0.25, 0.3) is 0 Å². The van der Waals surface area contributed by atoms with Crippen LogP contribution in [0.5, 0.6) is 0 Å². The molecule has 0 saturated carbocycles. The standard InChI is InChI=1S/C16H15FN2O5S2/c17-13-3-1-2-4-15(13)25-16-6-5-12(11-14(16)19(20)21)26(22,23)18-7-9-24-10-8-18/h1-6,11H,7-10H2. The Morgan fingerprint density at radius 3 is 2.46 bits per heavy atom. The monoisotopic (exact) mass is 398 g/mol. The fraction of sp³-hybridized carbons (Fsp3) is 0.250. The molecule has 0 bridgehead atoms. The number of nitro benzene ring substituents is 1. The molecule has 1 aliphatic rings. The molecule has 0 aliphatic carbocycles. The van der Waals surface area contributed by atoms with Crippen LogP contribution in [0.3, 0.4) is 0 Å². The summed E-state index contributed by atoms with van der Waals surface area (Å²) in [5.74, 6) is -0.503. The normalized spacial score (nSPS) is 15.7. The van der Waals surface area contributed by atoms with Crippen molar-refractivity contribution in [1.82, 2.24) is 4.31 Å². The van der Waals surface area contributed by atoms with E-state index in [1.54, 1.807) is 6.07 Å². The second-order valence-corrected chi connectivity index (χ2v) is 8.46. The van der Waals surface area contributed by atoms with Gasteiger partial charge in [0, 0.05) is 24.1 Å². The van der Waals surface area contributed by atoms with Gasteiger partial charge in [-0.3, -0.25) is 10.1 Å². The number of hydrogen-bond acceptors (Lipinski definition) is 6. The number of hydrogen-bond donors (Lipinski definition) is 0. The molecule has 138 valence electrons. The molecule has 0 atom stereocenters. The molecule has 1 saturated heterocycles. The van der Waals surface area contributed by atoms with Gasteiger partial charge in [-0.2, -0.15) is 4.31 Å². The molecule has 0 aromatic heterocycles. The third-order valence-electron chi connectivity index (χ3n) is 3.79. The van der Waals surface area contributed by atoms with Crippen LogP contribution in [0.1, 0.15) is 0 Å². The van der Waals surface area contributed by atoms with Crippen molar-refractivity contribution in [3.05, 3.63) is 58.4 Å². The Morgan fingerprint density at radius 2 is 1.81 bits per heavy atom. The number of rotatable bonds is 5. The van der Waals surface area contributed by atoms with Crippen molar-refractivity contribution in [3.8, 4) is 0 Å². The molecule has 10 heteroatoms. The molecule has 1 aliphatic heterocycles. The number of nitrogens with zero attached hydrogens (tertiary/aromatic N) is 2. The zero-order valence-corrected chi connectivity index (χ0v) is 15.1. The molecule has 0 unspecified atom stereocenters. The highest BCUT2D eigenvalue weighted by molar-refractivity contribution is 7.99. The zero-order valence-electron chi connectivity index (χ0n) is 13.5. The molecule has 0 amide bonds. The molecule has 7 nitrogen and oxygen atoms in total. The quantitative estimate of drug-likeness (QED) is 0.568. The second-order valence-electron chi connectivity index (χ2n) is 5.44. The lowest BCUT2D eigenvalue weighted by Crippen LogP contribution is -2.40. The lowest BCUT2D eigenvalue weighted by molar-refractivity contribution is -0.388. The van der Waals surface area contributed by atoms with E-state index >= 15 is 0 Å². The van der Waals surface area contributed by atoms with E-state index in [0.717, 1.165) is 17.8 Å². The van der Waals surface area contributed by atoms with Crippen LogP contribution >= 0.6 is 11.8 Å². The van der Waals surface area contributed by atoms with Gasteiger partial charge in [0.1, 0.15) is 5.82 Å². The number of sulfonamides is 1. The maximum absolute atomic E-state index is 13.8. The van der Waals surface area contributed by atoms with Gasteiger partial charge in [-0.1, -0.05) is 23.9 Å². The van der Waals surface area contributed by atoms with Crippen LogP contribution < -0.4 is 0 Å². The molecule has 1 fully saturated rings. The van der Waals surface area contributed by atoms with Crippen molar-refractivity contribution < 1.29 is 22.5 Å². The topological polar surface area (TPSA) is 89.8 Å². The summed E-state index contributed by atoms with van der Waals surface area (Å²) in [5.41, 5.74) is -0.382. The van der Waals surface area contributed by atoms with Gasteiger partial charge in [-0.05, 0) is 24.3 Å². The molecule has 2 aromatic carbocycles. The van der Waals surface area contributed by atoms with Crippen LogP contribution in [-0.2, 0) is 14.8 Å². The Balaban J connectivity index is 1.97. The molecule has 1 heterocycles. The van der Waals surface area contributed by atoms with Gasteiger partial charge in [-0.15, -0.1) is 0 Å². The van der Waals surface area contributed by atoms with Crippen molar-refractivity contribution >= 4 is 27.5 Å². The van der Waals surface area contributed by atoms with Gasteiger partial charge in [-0.25, -0.2) is 12.8 Å². The number of benzene rings is 2. The SMILES string of the molecule is O=[N+]([O-])c1cc(S(=O)(=O)N2CCOCC2)ccc1Sc1ccccc1F. The van der Waals surface area contributed by atoms with Crippen molar-refractivity contribution in [2.75, 3.05) is 26.3 Å². The summed E-state index contributed by atoms with van der Waals surface area (Å²) in [6, 6.07) is 9.56. The van der Waals surface area contributed by atoms with E-state index in [0.29, 0.717) is 0 Å². The molecule has 0 spiro atoms. The van der Waals surface area contributed by atoms with Crippen LogP contribution in [0.15, 0.2) is 57.2 Å². The smallest absolute Gasteiger partial charge is 0.284 e. The third kappa shape index (κ3) is 3.88. The highest BCUT2D eigenvalue weighted by Gasteiger charge is 2.29. The minimum Gasteiger partial charge on any atom is -0.379 e. The zero-order chi connectivity index (χ0) is 18.7. The number of nitro groups is 1. The summed E-state index contributed by atoms with van der Waals surface area (Å²) in [6.07, 6.45) is 0. The summed E-state index contributed by atoms with van der Waals surface area (Å²) in [4.78, 5) is 11.0. The van der Waals surface area contributed by atoms with Crippen molar-refractivity contribution in [3.63, 3.8) is 0 Å². The fourth-order valence-corrected chi connectivity index (χ4v) is 4.82. The highest BCUT2D eigenvalue weighted by atomic mass is 32.2. The average Bonchev–Trinajstić information content (AvgIpc) is 2.64. The van der Waals surface area contributed by atoms with Crippen molar-refractivity contribution in [2.45, 2.75) is 14.7 Å². The predicted octanol–water partition coefficient (Wildman–Crippen LogP) is 2.91. The number of halogens is 1. The molecular weight excluding hydrogens is 383 g/mol. The first-order chi connectivity index (χ1) is 12.4. The lowest BCUT2D eigenvalue weighted by Gasteiger charge is -2.26. The predicted molar refractivity (Wildman–Crippen MR) is 93.2 cm³/mol. The van der Waals surface area contributed by atoms with Crippen molar-refractivity contribution in [2.24, 2.45) is 0 Å². The Kier molecular flexibility index (Phi) is 5.56. The van der Waals surface area contributed by atoms with E-state index in [-0.39, 0.29) is 46.7 Å². The Labute approximate surface area is 154 Å². The van der Waals surface area contributed by atoms with E-state index in [1.165, 1.54) is 34.6 Å². The van der Waals surface area contributed by atoms with E-state index in [4.69, 9.17) is 4.74 Å². The van der Waals surface area contributed by atoms with Crippen LogP contribution in [0.4, 0.5) is 10.1 Å². The van der Waals surface area contributed by atoms with E-state index in [2.05, 4.69) is 0 Å². The molecule has 0 radical (unpaired) electrons. The van der Waals surface area contributed by atoms with Crippen molar-refractivity contribution in [1.29, 1.82) is 0 Å². The molecule has 2 aromatic rings. The van der Waals surface area contributed by atoms with E-state index in [1.807, 2.05) is 0 Å².